The number of aryl methyl sites for hydroxylation is 2. The van der Waals surface area contributed by atoms with Gasteiger partial charge in [0.05, 0.1) is 0 Å². The number of allylic oxidation sites excluding steroid dienone is 1. The zero-order chi connectivity index (χ0) is 27.1. The largest absolute Gasteiger partial charge is 0.351 e. The molecular weight excluding hydrogens is 490 g/mol. The molecule has 1 aromatic rings. The van der Waals surface area contributed by atoms with Crippen molar-refractivity contribution in [3.05, 3.63) is 34.2 Å². The second-order valence-corrected chi connectivity index (χ2v) is 12.8. The molecule has 9 nitrogen and oxygen atoms in total. The number of urea groups is 1. The van der Waals surface area contributed by atoms with E-state index in [4.69, 9.17) is 10.7 Å². The van der Waals surface area contributed by atoms with E-state index in [1.165, 1.54) is 14.6 Å². The number of aliphatic imine (C=N–C) groups is 1. The molecule has 4 rings (SSSR count). The van der Waals surface area contributed by atoms with Crippen LogP contribution in [0.15, 0.2) is 22.5 Å². The van der Waals surface area contributed by atoms with Gasteiger partial charge in [0.1, 0.15) is 11.4 Å². The highest BCUT2D eigenvalue weighted by Crippen LogP contribution is 2.36. The Kier molecular flexibility index (Phi) is 7.54. The van der Waals surface area contributed by atoms with Crippen molar-refractivity contribution in [3.8, 4) is 0 Å². The highest BCUT2D eigenvalue weighted by molar-refractivity contribution is 7.92. The Morgan fingerprint density at radius 3 is 2.27 bits per heavy atom. The normalized spacial score (nSPS) is 24.6. The van der Waals surface area contributed by atoms with Crippen LogP contribution in [0.4, 0.5) is 10.5 Å². The molecule has 10 heteroatoms. The van der Waals surface area contributed by atoms with Gasteiger partial charge >= 0.3 is 6.03 Å². The Balaban J connectivity index is 1.48. The first-order valence-corrected chi connectivity index (χ1v) is 14.6. The number of amides is 3. The molecule has 0 bridgehead atoms. The molecule has 2 heterocycles. The first kappa shape index (κ1) is 27.3. The van der Waals surface area contributed by atoms with Crippen molar-refractivity contribution >= 4 is 39.1 Å². The lowest BCUT2D eigenvalue weighted by Gasteiger charge is -2.34. The van der Waals surface area contributed by atoms with E-state index in [9.17, 15) is 18.0 Å². The maximum atomic E-state index is 13.3. The number of primary amides is 1. The molecular formula is C27H39N5O4S. The predicted molar refractivity (Wildman–Crippen MR) is 147 cm³/mol. The van der Waals surface area contributed by atoms with Gasteiger partial charge in [0, 0.05) is 37.2 Å². The number of nitrogens with zero attached hydrogens (tertiary/aromatic N) is 3. The summed E-state index contributed by atoms with van der Waals surface area (Å²) in [6.07, 6.45) is 5.13. The third kappa shape index (κ3) is 5.45. The van der Waals surface area contributed by atoms with Crippen molar-refractivity contribution in [1.29, 1.82) is 0 Å². The number of benzene rings is 1. The molecule has 0 aromatic heterocycles. The number of hydrogen-bond donors (Lipinski definition) is 2. The summed E-state index contributed by atoms with van der Waals surface area (Å²) in [5, 5.41) is 4.35. The number of nitrogens with two attached hydrogens (primary N) is 1. The monoisotopic (exact) mass is 529 g/mol. The molecule has 202 valence electrons. The Morgan fingerprint density at radius 2 is 1.73 bits per heavy atom. The molecule has 1 saturated heterocycles. The molecule has 3 aliphatic rings. The molecule has 37 heavy (non-hydrogen) atoms. The predicted octanol–water partition coefficient (Wildman–Crippen LogP) is 3.70. The van der Waals surface area contributed by atoms with Crippen molar-refractivity contribution in [2.24, 2.45) is 22.6 Å². The number of amidine groups is 1. The van der Waals surface area contributed by atoms with Crippen LogP contribution >= 0.6 is 0 Å². The standard InChI is InChI=1S/C27H39N5O4S/c1-17-6-8-21(9-7-17)24-29-25(33)27(30-24)10-12-32(13-11-27)37(35,36)16-20(4)23-18(2)14-22(15-19(23)3)31(5)26(28)34/h14-17,21H,6-13H2,1-5H3,(H2,28,34)(H,29,30,33)/b20-16+. The van der Waals surface area contributed by atoms with Gasteiger partial charge in [0.15, 0.2) is 0 Å². The van der Waals surface area contributed by atoms with E-state index in [1.807, 2.05) is 26.0 Å². The Morgan fingerprint density at radius 1 is 1.16 bits per heavy atom. The van der Waals surface area contributed by atoms with Crippen LogP contribution in [-0.2, 0) is 14.8 Å². The highest BCUT2D eigenvalue weighted by Gasteiger charge is 2.48. The lowest BCUT2D eigenvalue weighted by molar-refractivity contribution is -0.125. The van der Waals surface area contributed by atoms with Gasteiger partial charge in [-0.15, -0.1) is 0 Å². The Hall–Kier alpha value is -2.72. The van der Waals surface area contributed by atoms with E-state index in [0.29, 0.717) is 30.0 Å². The number of sulfonamides is 1. The highest BCUT2D eigenvalue weighted by atomic mass is 32.2. The first-order valence-electron chi connectivity index (χ1n) is 13.1. The summed E-state index contributed by atoms with van der Waals surface area (Å²) < 4.78 is 28.1. The maximum absolute atomic E-state index is 13.3. The number of piperidine rings is 1. The number of rotatable bonds is 5. The van der Waals surface area contributed by atoms with E-state index < -0.39 is 21.6 Å². The Labute approximate surface area is 220 Å². The van der Waals surface area contributed by atoms with Crippen molar-refractivity contribution in [1.82, 2.24) is 9.62 Å². The van der Waals surface area contributed by atoms with Crippen LogP contribution < -0.4 is 16.0 Å². The van der Waals surface area contributed by atoms with E-state index in [-0.39, 0.29) is 19.0 Å². The first-order chi connectivity index (χ1) is 17.3. The molecule has 0 atom stereocenters. The van der Waals surface area contributed by atoms with Crippen molar-refractivity contribution in [2.75, 3.05) is 25.0 Å². The van der Waals surface area contributed by atoms with E-state index in [0.717, 1.165) is 54.1 Å². The SMILES string of the molecule is C/C(=C\S(=O)(=O)N1CCC2(CC1)N=C(C1CCC(C)CC1)NC2=O)c1c(C)cc(N(C)C(N)=O)cc1C. The topological polar surface area (TPSA) is 125 Å². The summed E-state index contributed by atoms with van der Waals surface area (Å²) in [4.78, 5) is 30.7. The fraction of sp³-hybridized carbons (Fsp3) is 0.593. The number of nitrogens with one attached hydrogen (secondary N) is 1. The van der Waals surface area contributed by atoms with Gasteiger partial charge in [-0.05, 0) is 86.8 Å². The van der Waals surface area contributed by atoms with Crippen LogP contribution in [0.3, 0.4) is 0 Å². The van der Waals surface area contributed by atoms with Crippen LogP contribution in [0.5, 0.6) is 0 Å². The zero-order valence-electron chi connectivity index (χ0n) is 22.5. The summed E-state index contributed by atoms with van der Waals surface area (Å²) in [5.41, 5.74) is 8.35. The average Bonchev–Trinajstić information content (AvgIpc) is 3.13. The molecule has 3 N–H and O–H groups in total. The van der Waals surface area contributed by atoms with Crippen LogP contribution in [0.25, 0.3) is 5.57 Å². The molecule has 1 saturated carbocycles. The quantitative estimate of drug-likeness (QED) is 0.603. The minimum Gasteiger partial charge on any atom is -0.351 e. The summed E-state index contributed by atoms with van der Waals surface area (Å²) in [6.45, 7) is 8.31. The maximum Gasteiger partial charge on any atom is 0.318 e. The molecule has 1 spiro atoms. The smallest absolute Gasteiger partial charge is 0.318 e. The van der Waals surface area contributed by atoms with Crippen molar-refractivity contribution < 1.29 is 18.0 Å². The Bertz CT molecular complexity index is 1230. The van der Waals surface area contributed by atoms with Crippen LogP contribution in [0.2, 0.25) is 0 Å². The van der Waals surface area contributed by atoms with Crippen LogP contribution in [0, 0.1) is 25.7 Å². The molecule has 1 aliphatic carbocycles. The molecule has 2 aliphatic heterocycles. The number of carbonyl (C=O) groups excluding carboxylic acids is 2. The lowest BCUT2D eigenvalue weighted by atomic mass is 9.82. The third-order valence-corrected chi connectivity index (χ3v) is 10.0. The van der Waals surface area contributed by atoms with E-state index in [1.54, 1.807) is 14.0 Å². The minimum absolute atomic E-state index is 0.0860. The molecule has 1 aromatic carbocycles. The van der Waals surface area contributed by atoms with Gasteiger partial charge in [0.2, 0.25) is 10.0 Å². The molecule has 3 amide bonds. The summed E-state index contributed by atoms with van der Waals surface area (Å²) >= 11 is 0. The lowest BCUT2D eigenvalue weighted by Crippen LogP contribution is -2.50. The molecule has 2 fully saturated rings. The third-order valence-electron chi connectivity index (χ3n) is 8.27. The van der Waals surface area contributed by atoms with Crippen LogP contribution in [-0.4, -0.2) is 56.2 Å². The fourth-order valence-electron chi connectivity index (χ4n) is 5.96. The minimum atomic E-state index is -3.70. The van der Waals surface area contributed by atoms with Gasteiger partial charge in [-0.25, -0.2) is 13.2 Å². The van der Waals surface area contributed by atoms with Gasteiger partial charge < -0.3 is 11.1 Å². The molecule has 0 unspecified atom stereocenters. The summed E-state index contributed by atoms with van der Waals surface area (Å²) in [6, 6.07) is 3.08. The van der Waals surface area contributed by atoms with Gasteiger partial charge in [-0.1, -0.05) is 19.8 Å². The fourth-order valence-corrected chi connectivity index (χ4v) is 7.36. The summed E-state index contributed by atoms with van der Waals surface area (Å²) in [7, 11) is -2.10. The summed E-state index contributed by atoms with van der Waals surface area (Å²) in [5.74, 6) is 1.74. The molecule has 0 radical (unpaired) electrons. The van der Waals surface area contributed by atoms with Crippen molar-refractivity contribution in [3.63, 3.8) is 0 Å². The zero-order valence-corrected chi connectivity index (χ0v) is 23.3. The number of anilines is 1. The van der Waals surface area contributed by atoms with Crippen LogP contribution in [0.1, 0.15) is 69.1 Å². The van der Waals surface area contributed by atoms with E-state index in [2.05, 4.69) is 12.2 Å². The van der Waals surface area contributed by atoms with Gasteiger partial charge in [-0.3, -0.25) is 14.7 Å². The number of carbonyl (C=O) groups is 2. The van der Waals surface area contributed by atoms with Gasteiger partial charge in [0.25, 0.3) is 5.91 Å². The second-order valence-electron chi connectivity index (χ2n) is 11.0. The van der Waals surface area contributed by atoms with Gasteiger partial charge in [-0.2, -0.15) is 4.31 Å². The van der Waals surface area contributed by atoms with Crippen molar-refractivity contribution in [2.45, 2.75) is 71.8 Å². The second kappa shape index (κ2) is 10.2. The number of hydrogen-bond acceptors (Lipinski definition) is 5. The van der Waals surface area contributed by atoms with E-state index >= 15 is 0 Å². The average molecular weight is 530 g/mol.